The molecular weight excluding hydrogens is 628 g/mol. The second-order valence-electron chi connectivity index (χ2n) is 14.4. The topological polar surface area (TPSA) is 94.8 Å². The summed E-state index contributed by atoms with van der Waals surface area (Å²) >= 11 is 0. The van der Waals surface area contributed by atoms with Crippen molar-refractivity contribution in [1.29, 1.82) is 0 Å². The number of ether oxygens (including phenoxy) is 2. The maximum atomic E-state index is 14.7. The minimum Gasteiger partial charge on any atom is -0.487 e. The summed E-state index contributed by atoms with van der Waals surface area (Å²) in [6.45, 7) is 6.30. The lowest BCUT2D eigenvalue weighted by atomic mass is 9.87. The Balaban J connectivity index is 1.09. The number of morpholine rings is 1. The first-order chi connectivity index (χ1) is 24.3. The number of carbonyl (C=O) groups is 2. The lowest BCUT2D eigenvalue weighted by Gasteiger charge is -2.32. The van der Waals surface area contributed by atoms with Crippen molar-refractivity contribution >= 4 is 34.1 Å². The van der Waals surface area contributed by atoms with Gasteiger partial charge in [0.05, 0.1) is 24.9 Å². The molecule has 10 nitrogen and oxygen atoms in total. The zero-order valence-electron chi connectivity index (χ0n) is 29.0. The van der Waals surface area contributed by atoms with Gasteiger partial charge >= 0.3 is 6.03 Å². The number of nitrogens with two attached hydrogens (primary N) is 1. The number of fused-ring (bicyclic) bond motifs is 1. The van der Waals surface area contributed by atoms with Crippen LogP contribution in [-0.4, -0.2) is 104 Å². The molecule has 10 heteroatoms. The Morgan fingerprint density at radius 3 is 2.42 bits per heavy atom. The Morgan fingerprint density at radius 1 is 0.880 bits per heavy atom. The minimum absolute atomic E-state index is 0.00667. The molecule has 3 atom stereocenters. The fourth-order valence-electron chi connectivity index (χ4n) is 8.73. The minimum atomic E-state index is -0.908. The normalized spacial score (nSPS) is 23.9. The Hall–Kier alpha value is -4.64. The molecule has 2 N–H and O–H groups in total. The second kappa shape index (κ2) is 13.2. The number of nitrogens with zero attached hydrogens (tertiary/aromatic N) is 5. The van der Waals surface area contributed by atoms with E-state index in [1.165, 1.54) is 0 Å². The van der Waals surface area contributed by atoms with Crippen LogP contribution in [0.4, 0.5) is 16.2 Å². The van der Waals surface area contributed by atoms with Crippen LogP contribution in [0.1, 0.15) is 29.2 Å². The molecule has 0 aliphatic carbocycles. The molecule has 0 radical (unpaired) electrons. The highest BCUT2D eigenvalue weighted by Gasteiger charge is 2.70. The molecule has 4 fully saturated rings. The molecule has 50 heavy (non-hydrogen) atoms. The number of anilines is 2. The number of urea groups is 1. The summed E-state index contributed by atoms with van der Waals surface area (Å²) in [6.07, 6.45) is 0.740. The molecule has 1 unspecified atom stereocenters. The van der Waals surface area contributed by atoms with Gasteiger partial charge in [-0.1, -0.05) is 66.7 Å². The van der Waals surface area contributed by atoms with Gasteiger partial charge in [0.2, 0.25) is 0 Å². The predicted molar refractivity (Wildman–Crippen MR) is 195 cm³/mol. The molecule has 8 rings (SSSR count). The summed E-state index contributed by atoms with van der Waals surface area (Å²) in [7, 11) is 4.11. The standard InChI is InChI=1S/C40H46N6O4/c1-42(2)35-15-13-33(31-10-6-7-11-32(31)35)36-23-30-25-44(24-29-12-14-34(41)37(22-29)50-26-28-8-4-3-5-9-28)27-40(30)38(47)45(39(48)46(36)40)17-16-43-18-20-49-21-19-43/h3-15,22,30,36H,16-21,23-27,41H2,1-2H3/t30-,36?,40-/m1/s1. The molecule has 4 aromatic carbocycles. The quantitative estimate of drug-likeness (QED) is 0.186. The Labute approximate surface area is 293 Å². The lowest BCUT2D eigenvalue weighted by molar-refractivity contribution is -0.133. The molecule has 0 aromatic heterocycles. The van der Waals surface area contributed by atoms with Crippen LogP contribution < -0.4 is 15.4 Å². The molecule has 4 heterocycles. The van der Waals surface area contributed by atoms with Crippen LogP contribution in [-0.2, 0) is 22.7 Å². The highest BCUT2D eigenvalue weighted by atomic mass is 16.5. The summed E-state index contributed by atoms with van der Waals surface area (Å²) in [5.74, 6) is 0.608. The number of hydrogen-bond donors (Lipinski definition) is 1. The van der Waals surface area contributed by atoms with Gasteiger partial charge in [-0.05, 0) is 46.7 Å². The molecule has 4 aromatic rings. The Bertz CT molecular complexity index is 1900. The van der Waals surface area contributed by atoms with Crippen molar-refractivity contribution in [2.75, 3.05) is 77.2 Å². The average molecular weight is 675 g/mol. The molecule has 1 spiro atoms. The van der Waals surface area contributed by atoms with E-state index in [1.807, 2.05) is 53.4 Å². The SMILES string of the molecule is CN(C)c1ccc(C2C[C@@H]3CN(Cc4ccc(N)c(OCc5ccccc5)c4)C[C@]34C(=O)N(CCN3CCOCC3)C(=O)N24)c2ccccc12. The van der Waals surface area contributed by atoms with Gasteiger partial charge in [0.15, 0.2) is 0 Å². The molecular formula is C40H46N6O4. The summed E-state index contributed by atoms with van der Waals surface area (Å²) < 4.78 is 11.7. The van der Waals surface area contributed by atoms with Gasteiger partial charge < -0.3 is 25.0 Å². The Morgan fingerprint density at radius 2 is 1.64 bits per heavy atom. The molecule has 4 aliphatic rings. The van der Waals surface area contributed by atoms with Crippen LogP contribution in [0, 0.1) is 5.92 Å². The third kappa shape index (κ3) is 5.65. The van der Waals surface area contributed by atoms with E-state index in [9.17, 15) is 9.59 Å². The monoisotopic (exact) mass is 674 g/mol. The van der Waals surface area contributed by atoms with Crippen molar-refractivity contribution in [3.63, 3.8) is 0 Å². The Kier molecular flexibility index (Phi) is 8.62. The molecule has 4 saturated heterocycles. The number of imide groups is 1. The van der Waals surface area contributed by atoms with Crippen molar-refractivity contribution < 1.29 is 19.1 Å². The van der Waals surface area contributed by atoms with Crippen molar-refractivity contribution in [2.24, 2.45) is 5.92 Å². The van der Waals surface area contributed by atoms with Gasteiger partial charge in [0, 0.05) is 76.9 Å². The fraction of sp³-hybridized carbons (Fsp3) is 0.400. The van der Waals surface area contributed by atoms with Crippen molar-refractivity contribution in [3.8, 4) is 5.75 Å². The number of amides is 3. The van der Waals surface area contributed by atoms with E-state index in [0.717, 1.165) is 59.2 Å². The smallest absolute Gasteiger partial charge is 0.328 e. The molecule has 4 aliphatic heterocycles. The zero-order chi connectivity index (χ0) is 34.4. The number of carbonyl (C=O) groups excluding carboxylic acids is 2. The molecule has 3 amide bonds. The van der Waals surface area contributed by atoms with Crippen molar-refractivity contribution in [2.45, 2.75) is 31.2 Å². The van der Waals surface area contributed by atoms with Gasteiger partial charge in [0.1, 0.15) is 17.9 Å². The van der Waals surface area contributed by atoms with Crippen LogP contribution in [0.3, 0.4) is 0 Å². The van der Waals surface area contributed by atoms with E-state index in [-0.39, 0.29) is 23.9 Å². The van der Waals surface area contributed by atoms with E-state index >= 15 is 0 Å². The maximum absolute atomic E-state index is 14.7. The number of nitrogen functional groups attached to an aromatic ring is 1. The van der Waals surface area contributed by atoms with E-state index in [0.29, 0.717) is 57.4 Å². The third-order valence-electron chi connectivity index (χ3n) is 11.2. The molecule has 0 bridgehead atoms. The summed E-state index contributed by atoms with van der Waals surface area (Å²) in [5, 5.41) is 2.28. The van der Waals surface area contributed by atoms with E-state index in [2.05, 4.69) is 65.2 Å². The first kappa shape index (κ1) is 32.6. The van der Waals surface area contributed by atoms with Crippen LogP contribution >= 0.6 is 0 Å². The predicted octanol–water partition coefficient (Wildman–Crippen LogP) is 4.98. The molecule has 260 valence electrons. The zero-order valence-corrected chi connectivity index (χ0v) is 29.0. The van der Waals surface area contributed by atoms with Crippen LogP contribution in [0.2, 0.25) is 0 Å². The largest absolute Gasteiger partial charge is 0.487 e. The van der Waals surface area contributed by atoms with Gasteiger partial charge in [-0.3, -0.25) is 19.5 Å². The third-order valence-corrected chi connectivity index (χ3v) is 11.2. The highest BCUT2D eigenvalue weighted by molar-refractivity contribution is 6.09. The van der Waals surface area contributed by atoms with Crippen molar-refractivity contribution in [1.82, 2.24) is 19.6 Å². The van der Waals surface area contributed by atoms with Gasteiger partial charge in [-0.15, -0.1) is 0 Å². The van der Waals surface area contributed by atoms with E-state index < -0.39 is 5.54 Å². The van der Waals surface area contributed by atoms with Crippen LogP contribution in [0.5, 0.6) is 5.75 Å². The fourth-order valence-corrected chi connectivity index (χ4v) is 8.73. The van der Waals surface area contributed by atoms with Gasteiger partial charge in [-0.2, -0.15) is 0 Å². The first-order valence-electron chi connectivity index (χ1n) is 17.8. The highest BCUT2D eigenvalue weighted by Crippen LogP contribution is 2.56. The van der Waals surface area contributed by atoms with Crippen LogP contribution in [0.25, 0.3) is 10.8 Å². The maximum Gasteiger partial charge on any atom is 0.328 e. The van der Waals surface area contributed by atoms with Crippen molar-refractivity contribution in [3.05, 3.63) is 102 Å². The number of hydrogen-bond acceptors (Lipinski definition) is 8. The van der Waals surface area contributed by atoms with Gasteiger partial charge in [0.25, 0.3) is 5.91 Å². The average Bonchev–Trinajstić information content (AvgIpc) is 3.71. The summed E-state index contributed by atoms with van der Waals surface area (Å²) in [6, 6.07) is 28.4. The first-order valence-corrected chi connectivity index (χ1v) is 17.8. The van der Waals surface area contributed by atoms with Crippen LogP contribution in [0.15, 0.2) is 84.9 Å². The second-order valence-corrected chi connectivity index (χ2v) is 14.4. The van der Waals surface area contributed by atoms with E-state index in [1.54, 1.807) is 4.90 Å². The van der Waals surface area contributed by atoms with E-state index in [4.69, 9.17) is 15.2 Å². The number of likely N-dealkylation sites (tertiary alicyclic amines) is 1. The summed E-state index contributed by atoms with van der Waals surface area (Å²) in [4.78, 5) is 39.6. The lowest BCUT2D eigenvalue weighted by Crippen LogP contribution is -2.51. The molecule has 0 saturated carbocycles. The number of rotatable bonds is 10. The van der Waals surface area contributed by atoms with Gasteiger partial charge in [-0.25, -0.2) is 4.79 Å². The summed E-state index contributed by atoms with van der Waals surface area (Å²) in [5.41, 5.74) is 10.4. The number of benzene rings is 4.